The Morgan fingerprint density at radius 2 is 0.537 bits per heavy atom. The van der Waals surface area contributed by atoms with Gasteiger partial charge in [0.2, 0.25) is 0 Å². The van der Waals surface area contributed by atoms with Gasteiger partial charge in [-0.25, -0.2) is 0 Å². The molecule has 0 aromatic rings. The van der Waals surface area contributed by atoms with Gasteiger partial charge in [-0.1, -0.05) is 249 Å². The molecule has 0 aliphatic carbocycles. The van der Waals surface area contributed by atoms with Gasteiger partial charge in [0, 0.05) is 19.3 Å². The van der Waals surface area contributed by atoms with Gasteiger partial charge in [0.15, 0.2) is 6.10 Å². The molecule has 67 heavy (non-hydrogen) atoms. The zero-order valence-electron chi connectivity index (χ0n) is 44.7. The first-order valence-corrected chi connectivity index (χ1v) is 29.1. The average Bonchev–Trinajstić information content (AvgIpc) is 3.33. The van der Waals surface area contributed by atoms with Crippen LogP contribution < -0.4 is 0 Å². The van der Waals surface area contributed by atoms with Crippen molar-refractivity contribution in [1.29, 1.82) is 0 Å². The predicted octanol–water partition coefficient (Wildman–Crippen LogP) is 19.4. The van der Waals surface area contributed by atoms with Crippen LogP contribution in [0.4, 0.5) is 0 Å². The first kappa shape index (κ1) is 64.4. The quantitative estimate of drug-likeness (QED) is 0.0262. The third kappa shape index (κ3) is 54.2. The molecule has 0 aliphatic rings. The normalized spacial score (nSPS) is 11.9. The molecule has 0 bridgehead atoms. The summed E-state index contributed by atoms with van der Waals surface area (Å²) in [4.78, 5) is 38.1. The maximum atomic E-state index is 12.8. The SMILES string of the molecule is CCCCC/C=C\C/C=C\CCCCCCCCCCCC(=O)OCC(COC(=O)CCCCCCCCCCC/C=C\C/C=C\CCCCC)OC(=O)CCCCCCCCCCCCC. The maximum absolute atomic E-state index is 12.8. The van der Waals surface area contributed by atoms with Gasteiger partial charge in [0.25, 0.3) is 0 Å². The molecule has 0 saturated heterocycles. The van der Waals surface area contributed by atoms with Crippen LogP contribution in [0.25, 0.3) is 0 Å². The van der Waals surface area contributed by atoms with E-state index in [1.54, 1.807) is 0 Å². The summed E-state index contributed by atoms with van der Waals surface area (Å²) < 4.78 is 16.9. The number of hydrogen-bond acceptors (Lipinski definition) is 6. The fourth-order valence-electron chi connectivity index (χ4n) is 8.39. The Labute approximate surface area is 416 Å². The van der Waals surface area contributed by atoms with Crippen molar-refractivity contribution in [2.45, 2.75) is 309 Å². The smallest absolute Gasteiger partial charge is 0.306 e. The second-order valence-corrected chi connectivity index (χ2v) is 19.6. The molecule has 0 atom stereocenters. The van der Waals surface area contributed by atoms with E-state index in [-0.39, 0.29) is 31.1 Å². The average molecular weight is 940 g/mol. The van der Waals surface area contributed by atoms with E-state index in [1.807, 2.05) is 0 Å². The predicted molar refractivity (Wildman–Crippen MR) is 289 cm³/mol. The number of carbonyl (C=O) groups is 3. The lowest BCUT2D eigenvalue weighted by Crippen LogP contribution is -2.30. The molecule has 0 aliphatic heterocycles. The Hall–Kier alpha value is -2.63. The van der Waals surface area contributed by atoms with Gasteiger partial charge in [-0.2, -0.15) is 0 Å². The fraction of sp³-hybridized carbons (Fsp3) is 0.820. The number of ether oxygens (including phenoxy) is 3. The van der Waals surface area contributed by atoms with Gasteiger partial charge >= 0.3 is 17.9 Å². The highest BCUT2D eigenvalue weighted by Crippen LogP contribution is 2.16. The van der Waals surface area contributed by atoms with Gasteiger partial charge in [-0.3, -0.25) is 14.4 Å². The van der Waals surface area contributed by atoms with Crippen molar-refractivity contribution in [2.75, 3.05) is 13.2 Å². The number of allylic oxidation sites excluding steroid dienone is 8. The summed E-state index contributed by atoms with van der Waals surface area (Å²) in [7, 11) is 0. The summed E-state index contributed by atoms with van der Waals surface area (Å²) in [5, 5.41) is 0. The summed E-state index contributed by atoms with van der Waals surface area (Å²) in [5.41, 5.74) is 0. The molecule has 0 amide bonds. The highest BCUT2D eigenvalue weighted by molar-refractivity contribution is 5.71. The van der Waals surface area contributed by atoms with Crippen LogP contribution in [-0.2, 0) is 28.6 Å². The Kier molecular flexibility index (Phi) is 53.8. The number of hydrogen-bond donors (Lipinski definition) is 0. The Morgan fingerprint density at radius 1 is 0.299 bits per heavy atom. The van der Waals surface area contributed by atoms with Gasteiger partial charge < -0.3 is 14.2 Å². The zero-order valence-corrected chi connectivity index (χ0v) is 44.7. The van der Waals surface area contributed by atoms with Crippen LogP contribution in [0.5, 0.6) is 0 Å². The molecule has 0 saturated carbocycles. The minimum absolute atomic E-state index is 0.0738. The number of carbonyl (C=O) groups excluding carboxylic acids is 3. The van der Waals surface area contributed by atoms with E-state index in [0.29, 0.717) is 19.3 Å². The first-order valence-electron chi connectivity index (χ1n) is 29.1. The van der Waals surface area contributed by atoms with E-state index in [2.05, 4.69) is 69.4 Å². The number of rotatable bonds is 53. The van der Waals surface area contributed by atoms with Crippen molar-refractivity contribution in [2.24, 2.45) is 0 Å². The van der Waals surface area contributed by atoms with Crippen molar-refractivity contribution in [3.63, 3.8) is 0 Å². The second kappa shape index (κ2) is 56.0. The van der Waals surface area contributed by atoms with Crippen LogP contribution in [-0.4, -0.2) is 37.2 Å². The molecular weight excluding hydrogens is 829 g/mol. The lowest BCUT2D eigenvalue weighted by molar-refractivity contribution is -0.167. The minimum Gasteiger partial charge on any atom is -0.462 e. The standard InChI is InChI=1S/C61H110O6/c1-4-7-10-13-16-19-22-24-26-28-30-32-34-36-39-41-44-47-50-53-59(62)65-56-58(67-61(64)55-52-49-46-43-38-21-18-15-12-9-6-3)57-66-60(63)54-51-48-45-42-40-37-35-33-31-29-27-25-23-20-17-14-11-8-5-2/h16-17,19-20,24-27,58H,4-15,18,21-23,28-57H2,1-3H3/b19-16-,20-17-,26-24-,27-25-. The van der Waals surface area contributed by atoms with E-state index in [1.165, 1.54) is 193 Å². The topological polar surface area (TPSA) is 78.9 Å². The van der Waals surface area contributed by atoms with Crippen molar-refractivity contribution in [3.05, 3.63) is 48.6 Å². The van der Waals surface area contributed by atoms with Crippen molar-refractivity contribution < 1.29 is 28.6 Å². The zero-order chi connectivity index (χ0) is 48.6. The van der Waals surface area contributed by atoms with Crippen LogP contribution in [0, 0.1) is 0 Å². The molecule has 0 fully saturated rings. The van der Waals surface area contributed by atoms with Crippen LogP contribution in [0.3, 0.4) is 0 Å². The van der Waals surface area contributed by atoms with E-state index in [9.17, 15) is 14.4 Å². The molecule has 0 aromatic heterocycles. The fourth-order valence-corrected chi connectivity index (χ4v) is 8.39. The molecule has 0 N–H and O–H groups in total. The summed E-state index contributed by atoms with van der Waals surface area (Å²) in [6.45, 7) is 6.61. The molecular formula is C61H110O6. The van der Waals surface area contributed by atoms with E-state index < -0.39 is 6.10 Å². The van der Waals surface area contributed by atoms with E-state index >= 15 is 0 Å². The molecule has 0 unspecified atom stereocenters. The molecule has 0 rings (SSSR count). The summed E-state index contributed by atoms with van der Waals surface area (Å²) in [6, 6.07) is 0. The maximum Gasteiger partial charge on any atom is 0.306 e. The molecule has 0 aromatic carbocycles. The van der Waals surface area contributed by atoms with Crippen LogP contribution >= 0.6 is 0 Å². The molecule has 6 nitrogen and oxygen atoms in total. The highest BCUT2D eigenvalue weighted by Gasteiger charge is 2.19. The monoisotopic (exact) mass is 939 g/mol. The van der Waals surface area contributed by atoms with Crippen molar-refractivity contribution in [1.82, 2.24) is 0 Å². The van der Waals surface area contributed by atoms with Crippen LogP contribution in [0.2, 0.25) is 0 Å². The second-order valence-electron chi connectivity index (χ2n) is 19.6. The molecule has 0 spiro atoms. The Morgan fingerprint density at radius 3 is 0.851 bits per heavy atom. The number of unbranched alkanes of at least 4 members (excludes halogenated alkanes) is 34. The molecule has 6 heteroatoms. The van der Waals surface area contributed by atoms with Crippen LogP contribution in [0.1, 0.15) is 303 Å². The third-order valence-corrected chi connectivity index (χ3v) is 12.8. The highest BCUT2D eigenvalue weighted by atomic mass is 16.6. The summed E-state index contributed by atoms with van der Waals surface area (Å²) >= 11 is 0. The molecule has 390 valence electrons. The van der Waals surface area contributed by atoms with Gasteiger partial charge in [-0.05, 0) is 83.5 Å². The largest absolute Gasteiger partial charge is 0.462 e. The summed E-state index contributed by atoms with van der Waals surface area (Å²) in [5.74, 6) is -0.868. The number of esters is 3. The minimum atomic E-state index is -0.773. The first-order chi connectivity index (χ1) is 33.0. The Balaban J connectivity index is 4.29. The van der Waals surface area contributed by atoms with Gasteiger partial charge in [-0.15, -0.1) is 0 Å². The van der Waals surface area contributed by atoms with Gasteiger partial charge in [0.05, 0.1) is 0 Å². The van der Waals surface area contributed by atoms with E-state index in [0.717, 1.165) is 70.6 Å². The molecule has 0 radical (unpaired) electrons. The Bertz CT molecular complexity index is 1100. The summed E-state index contributed by atoms with van der Waals surface area (Å²) in [6.07, 6.45) is 68.1. The van der Waals surface area contributed by atoms with E-state index in [4.69, 9.17) is 14.2 Å². The lowest BCUT2D eigenvalue weighted by atomic mass is 10.1. The lowest BCUT2D eigenvalue weighted by Gasteiger charge is -2.18. The van der Waals surface area contributed by atoms with Crippen molar-refractivity contribution in [3.8, 4) is 0 Å². The van der Waals surface area contributed by atoms with Gasteiger partial charge in [0.1, 0.15) is 13.2 Å². The van der Waals surface area contributed by atoms with Crippen molar-refractivity contribution >= 4 is 17.9 Å². The molecule has 0 heterocycles. The third-order valence-electron chi connectivity index (χ3n) is 12.8. The van der Waals surface area contributed by atoms with Crippen LogP contribution in [0.15, 0.2) is 48.6 Å².